The van der Waals surface area contributed by atoms with Crippen LogP contribution >= 0.6 is 22.9 Å². The fourth-order valence-electron chi connectivity index (χ4n) is 3.41. The van der Waals surface area contributed by atoms with Gasteiger partial charge in [-0.15, -0.1) is 11.3 Å². The van der Waals surface area contributed by atoms with Gasteiger partial charge in [-0.3, -0.25) is 14.4 Å². The van der Waals surface area contributed by atoms with Gasteiger partial charge in [0.05, 0.1) is 9.85 Å². The molecule has 0 atom stereocenters. The summed E-state index contributed by atoms with van der Waals surface area (Å²) in [5.41, 5.74) is -0.733. The van der Waals surface area contributed by atoms with Gasteiger partial charge in [0.25, 0.3) is 0 Å². The predicted molar refractivity (Wildman–Crippen MR) is 126 cm³/mol. The summed E-state index contributed by atoms with van der Waals surface area (Å²) in [6, 6.07) is 14.0. The van der Waals surface area contributed by atoms with E-state index in [1.807, 2.05) is 0 Å². The summed E-state index contributed by atoms with van der Waals surface area (Å²) in [6.07, 6.45) is -0.314. The summed E-state index contributed by atoms with van der Waals surface area (Å²) < 4.78 is 39.9. The van der Waals surface area contributed by atoms with Crippen LogP contribution in [-0.2, 0) is 21.1 Å². The molecule has 0 bridgehead atoms. The van der Waals surface area contributed by atoms with Crippen LogP contribution in [0.4, 0.5) is 4.39 Å². The van der Waals surface area contributed by atoms with Crippen molar-refractivity contribution in [1.29, 1.82) is 0 Å². The van der Waals surface area contributed by atoms with Crippen molar-refractivity contribution in [1.82, 2.24) is 4.98 Å². The molecule has 0 spiro atoms. The highest BCUT2D eigenvalue weighted by atomic mass is 35.5. The van der Waals surface area contributed by atoms with Crippen LogP contribution in [0.25, 0.3) is 22.0 Å². The molecular formula is C23H15ClFNO5S2. The molecule has 10 heteroatoms. The van der Waals surface area contributed by atoms with E-state index >= 15 is 0 Å². The third-order valence-electron chi connectivity index (χ3n) is 4.88. The molecule has 2 aromatic heterocycles. The number of para-hydroxylation sites is 1. The molecule has 0 unspecified atom stereocenters. The first-order valence-electron chi connectivity index (χ1n) is 9.59. The van der Waals surface area contributed by atoms with Gasteiger partial charge in [-0.05, 0) is 35.9 Å². The van der Waals surface area contributed by atoms with E-state index < -0.39 is 38.2 Å². The number of H-pyrrole nitrogens is 1. The van der Waals surface area contributed by atoms with E-state index in [1.165, 1.54) is 30.3 Å². The molecule has 4 aromatic rings. The van der Waals surface area contributed by atoms with E-state index in [-0.39, 0.29) is 37.0 Å². The maximum absolute atomic E-state index is 14.9. The summed E-state index contributed by atoms with van der Waals surface area (Å²) in [5, 5.41) is 0.229. The maximum Gasteiger partial charge on any atom is 0.249 e. The third-order valence-corrected chi connectivity index (χ3v) is 8.37. The fourth-order valence-corrected chi connectivity index (χ4v) is 6.23. The zero-order chi connectivity index (χ0) is 23.8. The molecule has 168 valence electrons. The van der Waals surface area contributed by atoms with E-state index in [2.05, 4.69) is 4.98 Å². The van der Waals surface area contributed by atoms with Crippen molar-refractivity contribution < 1.29 is 17.6 Å². The van der Waals surface area contributed by atoms with Crippen molar-refractivity contribution in [3.05, 3.63) is 97.0 Å². The molecule has 0 amide bonds. The van der Waals surface area contributed by atoms with Crippen molar-refractivity contribution in [2.24, 2.45) is 0 Å². The number of rotatable bonds is 6. The molecule has 0 saturated carbocycles. The molecular weight excluding hydrogens is 489 g/mol. The number of thiophene rings is 1. The lowest BCUT2D eigenvalue weighted by molar-refractivity contribution is -0.116. The second kappa shape index (κ2) is 9.01. The van der Waals surface area contributed by atoms with Gasteiger partial charge in [0, 0.05) is 29.0 Å². The molecule has 33 heavy (non-hydrogen) atoms. The fraction of sp³-hybridized carbons (Fsp3) is 0.0870. The lowest BCUT2D eigenvalue weighted by Gasteiger charge is -2.06. The summed E-state index contributed by atoms with van der Waals surface area (Å²) in [6.45, 7) is 0. The van der Waals surface area contributed by atoms with Crippen LogP contribution in [0.1, 0.15) is 5.56 Å². The number of Topliss-reactive ketones (excluding diaryl/α,β-unsaturated/α-hetero) is 1. The first-order valence-corrected chi connectivity index (χ1v) is 12.4. The normalized spacial score (nSPS) is 11.6. The minimum atomic E-state index is -3.85. The number of ketones is 1. The molecule has 4 rings (SSSR count). The number of nitrogens with one attached hydrogen (secondary N) is 1. The highest BCUT2D eigenvalue weighted by Crippen LogP contribution is 2.27. The van der Waals surface area contributed by atoms with Gasteiger partial charge < -0.3 is 4.98 Å². The highest BCUT2D eigenvalue weighted by molar-refractivity contribution is 7.94. The van der Waals surface area contributed by atoms with Crippen LogP contribution in [0.5, 0.6) is 0 Å². The Kier molecular flexibility index (Phi) is 6.29. The minimum absolute atomic E-state index is 0.0141. The average Bonchev–Trinajstić information content (AvgIpc) is 3.14. The van der Waals surface area contributed by atoms with E-state index in [4.69, 9.17) is 11.6 Å². The van der Waals surface area contributed by atoms with Crippen molar-refractivity contribution >= 4 is 49.5 Å². The molecule has 0 aliphatic rings. The molecule has 0 saturated heterocycles. The van der Waals surface area contributed by atoms with E-state index in [0.29, 0.717) is 5.52 Å². The smallest absolute Gasteiger partial charge is 0.249 e. The Morgan fingerprint density at radius 3 is 2.45 bits per heavy atom. The molecule has 2 aromatic carbocycles. The molecule has 0 fully saturated rings. The monoisotopic (exact) mass is 503 g/mol. The van der Waals surface area contributed by atoms with Crippen LogP contribution in [0.15, 0.2) is 74.5 Å². The number of halogens is 2. The predicted octanol–water partition coefficient (Wildman–Crippen LogP) is 3.99. The first-order chi connectivity index (χ1) is 15.6. The summed E-state index contributed by atoms with van der Waals surface area (Å²) in [5.74, 6) is -2.17. The number of sulfone groups is 1. The van der Waals surface area contributed by atoms with Crippen molar-refractivity contribution in [2.45, 2.75) is 10.6 Å². The SMILES string of the molecule is O=C(Cc1ccc(-c2cc(=O)[nH]c3ccccc3c2=O)c(F)c1)CS(=O)(=O)c1ccc(Cl)s1. The number of aromatic nitrogens is 1. The zero-order valence-electron chi connectivity index (χ0n) is 16.8. The first kappa shape index (κ1) is 23.0. The Bertz CT molecular complexity index is 1630. The van der Waals surface area contributed by atoms with Crippen molar-refractivity contribution in [2.75, 3.05) is 5.75 Å². The molecule has 0 aliphatic heterocycles. The Balaban J connectivity index is 1.63. The molecule has 0 radical (unpaired) electrons. The largest absolute Gasteiger partial charge is 0.322 e. The molecule has 2 heterocycles. The lowest BCUT2D eigenvalue weighted by atomic mass is 10.0. The Morgan fingerprint density at radius 1 is 1.00 bits per heavy atom. The number of carbonyl (C=O) groups is 1. The van der Waals surface area contributed by atoms with Gasteiger partial charge in [0.15, 0.2) is 21.0 Å². The van der Waals surface area contributed by atoms with Crippen molar-refractivity contribution in [3.8, 4) is 11.1 Å². The van der Waals surface area contributed by atoms with Gasteiger partial charge in [-0.2, -0.15) is 0 Å². The molecule has 0 aliphatic carbocycles. The minimum Gasteiger partial charge on any atom is -0.322 e. The Labute approximate surface area is 196 Å². The van der Waals surface area contributed by atoms with E-state index in [9.17, 15) is 27.2 Å². The average molecular weight is 504 g/mol. The van der Waals surface area contributed by atoms with E-state index in [0.717, 1.165) is 23.5 Å². The second-order valence-electron chi connectivity index (χ2n) is 7.27. The number of benzene rings is 2. The second-order valence-corrected chi connectivity index (χ2v) is 11.2. The molecule has 6 nitrogen and oxygen atoms in total. The number of aromatic amines is 1. The standard InChI is InChI=1S/C23H15ClFNO5S2/c24-20-7-8-22(32-20)33(30,31)12-14(27)9-13-5-6-15(18(25)10-13)17-11-21(28)26-19-4-2-1-3-16(19)23(17)29/h1-8,10-11H,9,12H2,(H,26,28). The number of hydrogen-bond acceptors (Lipinski definition) is 6. The number of fused-ring (bicyclic) bond motifs is 1. The number of hydrogen-bond donors (Lipinski definition) is 1. The summed E-state index contributed by atoms with van der Waals surface area (Å²) in [7, 11) is -3.85. The van der Waals surface area contributed by atoms with Gasteiger partial charge in [-0.1, -0.05) is 35.9 Å². The summed E-state index contributed by atoms with van der Waals surface area (Å²) >= 11 is 6.62. The van der Waals surface area contributed by atoms with Gasteiger partial charge in [-0.25, -0.2) is 12.8 Å². The van der Waals surface area contributed by atoms with Crippen molar-refractivity contribution in [3.63, 3.8) is 0 Å². The van der Waals surface area contributed by atoms with Crippen LogP contribution in [0, 0.1) is 5.82 Å². The van der Waals surface area contributed by atoms with Gasteiger partial charge >= 0.3 is 0 Å². The zero-order valence-corrected chi connectivity index (χ0v) is 19.2. The Morgan fingerprint density at radius 2 is 1.76 bits per heavy atom. The van der Waals surface area contributed by atoms with Gasteiger partial charge in [0.2, 0.25) is 5.56 Å². The summed E-state index contributed by atoms with van der Waals surface area (Å²) in [4.78, 5) is 40.0. The molecule has 1 N–H and O–H groups in total. The van der Waals surface area contributed by atoms with Crippen LogP contribution in [-0.4, -0.2) is 24.9 Å². The quantitative estimate of drug-likeness (QED) is 0.428. The highest BCUT2D eigenvalue weighted by Gasteiger charge is 2.22. The van der Waals surface area contributed by atoms with E-state index in [1.54, 1.807) is 18.2 Å². The third kappa shape index (κ3) is 4.95. The Hall–Kier alpha value is -3.14. The number of carbonyl (C=O) groups excluding carboxylic acids is 1. The maximum atomic E-state index is 14.9. The van der Waals surface area contributed by atoms with Gasteiger partial charge in [0.1, 0.15) is 15.8 Å². The van der Waals surface area contributed by atoms with Crippen LogP contribution in [0.3, 0.4) is 0 Å². The lowest BCUT2D eigenvalue weighted by Crippen LogP contribution is -2.17. The van der Waals surface area contributed by atoms with Crippen LogP contribution in [0.2, 0.25) is 4.34 Å². The van der Waals surface area contributed by atoms with Crippen LogP contribution < -0.4 is 11.0 Å². The topological polar surface area (TPSA) is 101 Å².